The second kappa shape index (κ2) is 6.35. The van der Waals surface area contributed by atoms with Crippen LogP contribution in [0, 0.1) is 5.82 Å². The van der Waals surface area contributed by atoms with Gasteiger partial charge in [0, 0.05) is 0 Å². The molecule has 0 spiro atoms. The van der Waals surface area contributed by atoms with Gasteiger partial charge < -0.3 is 4.42 Å². The molecule has 0 radical (unpaired) electrons. The van der Waals surface area contributed by atoms with E-state index in [1.807, 2.05) is 0 Å². The molecule has 0 unspecified atom stereocenters. The summed E-state index contributed by atoms with van der Waals surface area (Å²) in [6.07, 6.45) is 2.71. The number of rotatable bonds is 5. The van der Waals surface area contributed by atoms with E-state index >= 15 is 0 Å². The van der Waals surface area contributed by atoms with Gasteiger partial charge in [0.1, 0.15) is 18.5 Å². The van der Waals surface area contributed by atoms with Crippen LogP contribution in [0.1, 0.15) is 0 Å². The highest BCUT2D eigenvalue weighted by molar-refractivity contribution is 7.99. The monoisotopic (exact) mass is 320 g/mol. The van der Waals surface area contributed by atoms with Crippen molar-refractivity contribution in [1.82, 2.24) is 25.1 Å². The number of amides is 1. The molecule has 0 saturated carbocycles. The lowest BCUT2D eigenvalue weighted by Gasteiger charge is -2.02. The minimum absolute atomic E-state index is 0.0527. The molecule has 1 amide bonds. The van der Waals surface area contributed by atoms with E-state index in [9.17, 15) is 9.18 Å². The average molecular weight is 320 g/mol. The summed E-state index contributed by atoms with van der Waals surface area (Å²) in [5.41, 5.74) is 2.74. The lowest BCUT2D eigenvalue weighted by atomic mass is 10.2. The Bertz CT molecular complexity index is 776. The van der Waals surface area contributed by atoms with E-state index in [0.29, 0.717) is 0 Å². The maximum Gasteiger partial charge on any atom is 0.277 e. The van der Waals surface area contributed by atoms with Gasteiger partial charge in [0.05, 0.1) is 11.3 Å². The first-order chi connectivity index (χ1) is 10.7. The number of nitrogens with one attached hydrogen (secondary N) is 1. The topological polar surface area (TPSA) is 98.7 Å². The van der Waals surface area contributed by atoms with Crippen LogP contribution in [0.25, 0.3) is 11.5 Å². The highest BCUT2D eigenvalue weighted by Gasteiger charge is 2.14. The lowest BCUT2D eigenvalue weighted by molar-refractivity contribution is -0.114. The van der Waals surface area contributed by atoms with Crippen LogP contribution >= 0.6 is 11.8 Å². The number of hydrogen-bond acceptors (Lipinski definition) is 7. The third kappa shape index (κ3) is 3.28. The molecule has 0 aliphatic carbocycles. The van der Waals surface area contributed by atoms with Crippen molar-refractivity contribution < 1.29 is 13.6 Å². The van der Waals surface area contributed by atoms with Crippen LogP contribution in [0.3, 0.4) is 0 Å². The van der Waals surface area contributed by atoms with Gasteiger partial charge in [0.15, 0.2) is 0 Å². The van der Waals surface area contributed by atoms with Gasteiger partial charge >= 0.3 is 0 Å². The van der Waals surface area contributed by atoms with Gasteiger partial charge in [-0.25, -0.2) is 9.07 Å². The first-order valence-electron chi connectivity index (χ1n) is 6.08. The summed E-state index contributed by atoms with van der Waals surface area (Å²) in [5.74, 6) is -0.625. The normalized spacial score (nSPS) is 10.6. The number of benzene rings is 1. The van der Waals surface area contributed by atoms with Crippen molar-refractivity contribution in [1.29, 1.82) is 0 Å². The van der Waals surface area contributed by atoms with E-state index < -0.39 is 5.82 Å². The number of thioether (sulfide) groups is 1. The molecular formula is C12H9FN6O2S. The van der Waals surface area contributed by atoms with Crippen LogP contribution in [-0.2, 0) is 4.79 Å². The first-order valence-corrected chi connectivity index (χ1v) is 7.06. The Labute approximate surface area is 127 Å². The van der Waals surface area contributed by atoms with E-state index in [2.05, 4.69) is 25.8 Å². The summed E-state index contributed by atoms with van der Waals surface area (Å²) >= 11 is 1.04. The Morgan fingerprint density at radius 2 is 2.05 bits per heavy atom. The summed E-state index contributed by atoms with van der Waals surface area (Å²) in [5, 5.41) is 14.8. The molecule has 10 heteroatoms. The van der Waals surface area contributed by atoms with Crippen LogP contribution in [0.5, 0.6) is 0 Å². The second-order valence-corrected chi connectivity index (χ2v) is 4.97. The summed E-state index contributed by atoms with van der Waals surface area (Å²) < 4.78 is 20.2. The Kier molecular flexibility index (Phi) is 4.10. The van der Waals surface area contributed by atoms with E-state index in [1.54, 1.807) is 12.1 Å². The molecule has 3 rings (SSSR count). The molecule has 2 aromatic heterocycles. The van der Waals surface area contributed by atoms with Crippen molar-refractivity contribution in [3.05, 3.63) is 42.7 Å². The molecule has 0 saturated heterocycles. The summed E-state index contributed by atoms with van der Waals surface area (Å²) in [4.78, 5) is 11.7. The van der Waals surface area contributed by atoms with Gasteiger partial charge in [-0.15, -0.1) is 20.4 Å². The van der Waals surface area contributed by atoms with Crippen LogP contribution < -0.4 is 5.43 Å². The van der Waals surface area contributed by atoms with E-state index in [0.717, 1.165) is 11.8 Å². The maximum absolute atomic E-state index is 13.6. The highest BCUT2D eigenvalue weighted by atomic mass is 32.2. The molecule has 22 heavy (non-hydrogen) atoms. The molecule has 0 atom stereocenters. The fraction of sp³-hybridized carbons (Fsp3) is 0.0833. The molecular weight excluding hydrogens is 311 g/mol. The predicted octanol–water partition coefficient (Wildman–Crippen LogP) is 1.33. The number of hydrogen-bond donors (Lipinski definition) is 1. The third-order valence-electron chi connectivity index (χ3n) is 2.51. The van der Waals surface area contributed by atoms with Crippen molar-refractivity contribution >= 4 is 17.7 Å². The summed E-state index contributed by atoms with van der Waals surface area (Å²) in [6.45, 7) is 0. The molecule has 1 N–H and O–H groups in total. The molecule has 0 fully saturated rings. The fourth-order valence-corrected chi connectivity index (χ4v) is 2.13. The zero-order valence-electron chi connectivity index (χ0n) is 11.0. The van der Waals surface area contributed by atoms with Crippen molar-refractivity contribution in [2.24, 2.45) is 0 Å². The van der Waals surface area contributed by atoms with Gasteiger partial charge in [-0.3, -0.25) is 10.2 Å². The predicted molar refractivity (Wildman–Crippen MR) is 74.8 cm³/mol. The summed E-state index contributed by atoms with van der Waals surface area (Å²) in [7, 11) is 0. The lowest BCUT2D eigenvalue weighted by Crippen LogP contribution is -2.23. The smallest absolute Gasteiger partial charge is 0.277 e. The number of nitrogens with zero attached hydrogens (tertiary/aromatic N) is 5. The molecule has 112 valence electrons. The Balaban J connectivity index is 1.60. The van der Waals surface area contributed by atoms with Crippen molar-refractivity contribution in [3.63, 3.8) is 0 Å². The van der Waals surface area contributed by atoms with Crippen LogP contribution in [0.4, 0.5) is 4.39 Å². The highest BCUT2D eigenvalue weighted by Crippen LogP contribution is 2.24. The van der Waals surface area contributed by atoms with Gasteiger partial charge in [-0.05, 0) is 12.1 Å². The standard InChI is InChI=1S/C12H9FN6O2S/c13-9-4-2-1-3-8(9)11-16-17-12(21-11)22-5-10(20)18-19-6-14-15-7-19/h1-4,6-7H,5H2,(H,18,20). The first kappa shape index (κ1) is 14.2. The molecule has 2 heterocycles. The molecule has 0 aliphatic heterocycles. The molecule has 8 nitrogen and oxygen atoms in total. The van der Waals surface area contributed by atoms with Gasteiger partial charge in [-0.2, -0.15) is 0 Å². The minimum atomic E-state index is -0.451. The number of halogens is 1. The molecule has 0 bridgehead atoms. The van der Waals surface area contributed by atoms with E-state index in [4.69, 9.17) is 4.42 Å². The quantitative estimate of drug-likeness (QED) is 0.708. The fourth-order valence-electron chi connectivity index (χ4n) is 1.57. The van der Waals surface area contributed by atoms with Crippen molar-refractivity contribution in [3.8, 4) is 11.5 Å². The van der Waals surface area contributed by atoms with Crippen LogP contribution in [0.2, 0.25) is 0 Å². The largest absolute Gasteiger partial charge is 0.411 e. The van der Waals surface area contributed by atoms with Gasteiger partial charge in [0.25, 0.3) is 11.1 Å². The van der Waals surface area contributed by atoms with Gasteiger partial charge in [0.2, 0.25) is 5.91 Å². The van der Waals surface area contributed by atoms with Crippen LogP contribution in [0.15, 0.2) is 46.6 Å². The average Bonchev–Trinajstić information content (AvgIpc) is 3.17. The number of carbonyl (C=O) groups excluding carboxylic acids is 1. The SMILES string of the molecule is O=C(CSc1nnc(-c2ccccc2F)o1)Nn1cnnc1. The number of carbonyl (C=O) groups is 1. The van der Waals surface area contributed by atoms with Gasteiger partial charge in [-0.1, -0.05) is 23.9 Å². The third-order valence-corrected chi connectivity index (χ3v) is 3.33. The Hall–Kier alpha value is -2.75. The number of aromatic nitrogens is 5. The zero-order chi connectivity index (χ0) is 15.4. The maximum atomic E-state index is 13.6. The Morgan fingerprint density at radius 3 is 2.82 bits per heavy atom. The van der Waals surface area contributed by atoms with E-state index in [-0.39, 0.29) is 28.3 Å². The van der Waals surface area contributed by atoms with Crippen LogP contribution in [-0.4, -0.2) is 36.7 Å². The van der Waals surface area contributed by atoms with Crippen molar-refractivity contribution in [2.75, 3.05) is 11.2 Å². The second-order valence-electron chi connectivity index (χ2n) is 4.05. The zero-order valence-corrected chi connectivity index (χ0v) is 11.8. The molecule has 3 aromatic rings. The van der Waals surface area contributed by atoms with E-state index in [1.165, 1.54) is 29.5 Å². The molecule has 1 aromatic carbocycles. The Morgan fingerprint density at radius 1 is 1.27 bits per heavy atom. The minimum Gasteiger partial charge on any atom is -0.411 e. The summed E-state index contributed by atoms with van der Waals surface area (Å²) in [6, 6.07) is 6.08. The van der Waals surface area contributed by atoms with Crippen molar-refractivity contribution in [2.45, 2.75) is 5.22 Å². The molecule has 0 aliphatic rings.